The molecule has 2 aromatic heterocycles. The summed E-state index contributed by atoms with van der Waals surface area (Å²) in [4.78, 5) is 182. The highest BCUT2D eigenvalue weighted by atomic mass is 16.4. The molecule has 30 heteroatoms. The Balaban J connectivity index is 0.000000177. The predicted molar refractivity (Wildman–Crippen MR) is 428 cm³/mol. The number of aromatic nitrogens is 2. The number of nitrogens with zero attached hydrogens (tertiary/aromatic N) is 4. The van der Waals surface area contributed by atoms with Gasteiger partial charge in [0.1, 0.15) is 18.6 Å². The first-order valence-electron chi connectivity index (χ1n) is 37.0. The minimum atomic E-state index is -1.12. The summed E-state index contributed by atoms with van der Waals surface area (Å²) in [5.74, 6) is -7.54. The molecule has 0 saturated carbocycles. The largest absolute Gasteiger partial charge is 0.480 e. The van der Waals surface area contributed by atoms with Gasteiger partial charge >= 0.3 is 5.97 Å². The summed E-state index contributed by atoms with van der Waals surface area (Å²) in [6.45, 7) is 1.18. The van der Waals surface area contributed by atoms with E-state index in [1.807, 2.05) is 121 Å². The SMILES string of the molecule is NC(=O)c1cnc2ccc(-c3ccc(C(=O)NCCCCCC(=O)CNc4cccc5c4C(=O)N(C4CCC(=O)NC4=O)C5=O)cc3)cc2c1Nc1ccccc1.NCCCCNC(=O)c1ccc(-c2ccc3ncc(C(N)=O)c(Nc4ccccc4)c3c2)cc1.O=C(O)CNc1cccc2c1C(=O)N(C1CCC(=O)NC1=O)C2=O. The topological polar surface area (TPSA) is 466 Å². The number of pyridine rings is 2. The molecule has 0 radical (unpaired) electrons. The first-order valence-corrected chi connectivity index (χ1v) is 37.0. The number of hydrogen-bond acceptors (Lipinski definition) is 21. The summed E-state index contributed by atoms with van der Waals surface area (Å²) in [7, 11) is 0. The fraction of sp³-hybridized carbons (Fsp3) is 0.200. The van der Waals surface area contributed by atoms with E-state index in [2.05, 4.69) is 52.5 Å². The van der Waals surface area contributed by atoms with Crippen LogP contribution in [0.1, 0.15) is 147 Å². The number of amides is 12. The molecule has 15 N–H and O–H groups in total. The molecular formula is C85H79N15O15. The van der Waals surface area contributed by atoms with E-state index in [1.165, 1.54) is 36.7 Å². The van der Waals surface area contributed by atoms with Crippen LogP contribution >= 0.6 is 0 Å². The molecular weight excluding hydrogens is 1470 g/mol. The first-order chi connectivity index (χ1) is 55.5. The van der Waals surface area contributed by atoms with Gasteiger partial charge in [0.25, 0.3) is 47.3 Å². The number of ketones is 1. The van der Waals surface area contributed by atoms with Gasteiger partial charge in [-0.1, -0.05) is 91.3 Å². The van der Waals surface area contributed by atoms with Crippen molar-refractivity contribution in [3.8, 4) is 22.3 Å². The maximum Gasteiger partial charge on any atom is 0.322 e. The number of nitrogens with two attached hydrogens (primary N) is 3. The Morgan fingerprint density at radius 1 is 0.461 bits per heavy atom. The van der Waals surface area contributed by atoms with Gasteiger partial charge in [-0.2, -0.15) is 0 Å². The number of fused-ring (bicyclic) bond motifs is 4. The number of carbonyl (C=O) groups excluding carboxylic acids is 13. The van der Waals surface area contributed by atoms with Crippen molar-refractivity contribution in [3.63, 3.8) is 0 Å². The van der Waals surface area contributed by atoms with Crippen molar-refractivity contribution < 1.29 is 72.2 Å². The van der Waals surface area contributed by atoms with E-state index in [4.69, 9.17) is 22.3 Å². The van der Waals surface area contributed by atoms with E-state index in [0.29, 0.717) is 78.2 Å². The van der Waals surface area contributed by atoms with Crippen LogP contribution in [0.5, 0.6) is 0 Å². The zero-order valence-electron chi connectivity index (χ0n) is 61.9. The van der Waals surface area contributed by atoms with E-state index in [0.717, 1.165) is 72.6 Å². The van der Waals surface area contributed by atoms with Gasteiger partial charge in [0, 0.05) is 89.4 Å². The van der Waals surface area contributed by atoms with Crippen LogP contribution in [0.4, 0.5) is 34.1 Å². The number of imide groups is 4. The minimum Gasteiger partial charge on any atom is -0.480 e. The molecule has 30 nitrogen and oxygen atoms in total. The molecule has 14 rings (SSSR count). The number of carboxylic acids is 1. The molecule has 4 aliphatic rings. The van der Waals surface area contributed by atoms with Crippen LogP contribution in [0.3, 0.4) is 0 Å². The van der Waals surface area contributed by atoms with Crippen LogP contribution in [0.2, 0.25) is 0 Å². The highest BCUT2D eigenvalue weighted by Crippen LogP contribution is 2.38. The lowest BCUT2D eigenvalue weighted by Crippen LogP contribution is -2.54. The number of rotatable bonds is 28. The van der Waals surface area contributed by atoms with Gasteiger partial charge in [0.05, 0.1) is 62.3 Å². The highest BCUT2D eigenvalue weighted by Gasteiger charge is 2.47. The Hall–Kier alpha value is -14.7. The molecule has 6 heterocycles. The second-order valence-corrected chi connectivity index (χ2v) is 27.2. The van der Waals surface area contributed by atoms with Crippen molar-refractivity contribution in [2.24, 2.45) is 17.2 Å². The number of nitrogens with one attached hydrogen (secondary N) is 8. The number of para-hydroxylation sites is 2. The van der Waals surface area contributed by atoms with E-state index in [-0.39, 0.29) is 89.8 Å². The molecule has 115 heavy (non-hydrogen) atoms. The Bertz CT molecular complexity index is 5530. The summed E-state index contributed by atoms with van der Waals surface area (Å²) in [5.41, 5.74) is 27.2. The van der Waals surface area contributed by atoms with Gasteiger partial charge in [-0.25, -0.2) is 0 Å². The summed E-state index contributed by atoms with van der Waals surface area (Å²) >= 11 is 0. The van der Waals surface area contributed by atoms with Gasteiger partial charge in [-0.05, 0) is 164 Å². The molecule has 2 fully saturated rings. The second kappa shape index (κ2) is 36.4. The third-order valence-electron chi connectivity index (χ3n) is 19.5. The number of anilines is 6. The summed E-state index contributed by atoms with van der Waals surface area (Å²) in [6, 6.07) is 52.3. The Labute approximate surface area is 657 Å². The van der Waals surface area contributed by atoms with Gasteiger partial charge in [0.2, 0.25) is 23.6 Å². The summed E-state index contributed by atoms with van der Waals surface area (Å²) in [5, 5.41) is 32.6. The third kappa shape index (κ3) is 18.7. The first kappa shape index (κ1) is 79.9. The average molecular weight is 1550 g/mol. The second-order valence-electron chi connectivity index (χ2n) is 27.2. The van der Waals surface area contributed by atoms with Crippen LogP contribution in [0.25, 0.3) is 44.1 Å². The zero-order chi connectivity index (χ0) is 81.4. The quantitative estimate of drug-likeness (QED) is 0.0161. The average Bonchev–Trinajstić information content (AvgIpc) is 1.58. The number of carboxylic acid groups (broad SMARTS) is 1. The normalized spacial score (nSPS) is 14.8. The van der Waals surface area contributed by atoms with Gasteiger partial charge in [0.15, 0.2) is 5.78 Å². The maximum atomic E-state index is 13.3. The molecule has 8 aromatic carbocycles. The number of benzene rings is 8. The number of piperidine rings is 2. The molecule has 584 valence electrons. The number of hydrogen-bond donors (Lipinski definition) is 12. The summed E-state index contributed by atoms with van der Waals surface area (Å²) < 4.78 is 0. The smallest absolute Gasteiger partial charge is 0.322 e. The fourth-order valence-corrected chi connectivity index (χ4v) is 13.6. The Kier molecular flexibility index (Phi) is 25.3. The van der Waals surface area contributed by atoms with Crippen LogP contribution in [0.15, 0.2) is 194 Å². The molecule has 2 saturated heterocycles. The predicted octanol–water partition coefficient (Wildman–Crippen LogP) is 8.91. The lowest BCUT2D eigenvalue weighted by atomic mass is 9.99. The molecule has 0 bridgehead atoms. The van der Waals surface area contributed by atoms with E-state index in [9.17, 15) is 67.1 Å². The van der Waals surface area contributed by atoms with Crippen LogP contribution in [-0.4, -0.2) is 152 Å². The lowest BCUT2D eigenvalue weighted by Gasteiger charge is -2.27. The standard InChI is InChI=1S/C43H39N7O7.C27H27N5O2.C15H13N3O6/c44-39(53)32-24-47-33-18-17-27(22-31(33)38(32)48-28-8-3-1-4-9-28)25-13-15-26(16-14-25)40(54)45-21-6-2-5-10-29(51)23-46-34-12-7-11-30-37(34)43(57)50(42(30)56)35-19-20-36(52)49-41(35)55;28-14-4-5-15-30-27(34)19-10-8-18(9-11-19)20-12-13-24-22(16-20)25(23(17-31-24)26(29)33)32-21-6-2-1-3-7-21;19-10-5-4-9(13(22)17-10)18-14(23)7-2-1-3-8(12(7)15(18)24)16-6-11(20)21/h1,3-4,7-9,11-18,22,24,35,46H,2,5-6,10,19-21,23H2,(H2,44,53)(H,45,54)(H,47,48)(H,49,52,55);1-3,6-13,16-17H,4-5,14-15,28H2,(H2,29,33)(H,30,34)(H,31,32);1-3,9,16H,4-6H2,(H,20,21)(H,17,19,22). The van der Waals surface area contributed by atoms with E-state index < -0.39 is 83.7 Å². The van der Waals surface area contributed by atoms with Crippen molar-refractivity contribution in [2.45, 2.75) is 76.3 Å². The lowest BCUT2D eigenvalue weighted by molar-refractivity contribution is -0.137. The van der Waals surface area contributed by atoms with Gasteiger partial charge in [-0.3, -0.25) is 97.5 Å². The molecule has 0 spiro atoms. The van der Waals surface area contributed by atoms with Gasteiger partial charge in [-0.15, -0.1) is 0 Å². The van der Waals surface area contributed by atoms with E-state index in [1.54, 1.807) is 36.4 Å². The fourth-order valence-electron chi connectivity index (χ4n) is 13.6. The molecule has 0 aliphatic carbocycles. The van der Waals surface area contributed by atoms with Crippen LogP contribution < -0.4 is 59.7 Å². The minimum absolute atomic E-state index is 0.0230. The monoisotopic (exact) mass is 1550 g/mol. The molecule has 2 unspecified atom stereocenters. The van der Waals surface area contributed by atoms with E-state index >= 15 is 0 Å². The van der Waals surface area contributed by atoms with Crippen molar-refractivity contribution in [1.29, 1.82) is 0 Å². The number of primary amides is 2. The number of unbranched alkanes of at least 4 members (excludes halogenated alkanes) is 3. The number of carbonyl (C=O) groups is 14. The zero-order valence-corrected chi connectivity index (χ0v) is 61.9. The third-order valence-corrected chi connectivity index (χ3v) is 19.5. The molecule has 2 atom stereocenters. The maximum absolute atomic E-state index is 13.3. The van der Waals surface area contributed by atoms with Crippen molar-refractivity contribution in [2.75, 3.05) is 54.0 Å². The number of Topliss-reactive ketones (excluding diaryl/α,β-unsaturated/α-hetero) is 1. The summed E-state index contributed by atoms with van der Waals surface area (Å²) in [6.07, 6.45) is 7.14. The molecule has 4 aliphatic heterocycles. The van der Waals surface area contributed by atoms with Crippen LogP contribution in [-0.2, 0) is 28.8 Å². The molecule has 12 amide bonds. The van der Waals surface area contributed by atoms with Gasteiger partial charge < -0.3 is 54.2 Å². The van der Waals surface area contributed by atoms with Crippen LogP contribution in [0, 0.1) is 0 Å². The van der Waals surface area contributed by atoms with Crippen molar-refractivity contribution >= 4 is 139 Å². The van der Waals surface area contributed by atoms with Crippen molar-refractivity contribution in [1.82, 2.24) is 41.0 Å². The Morgan fingerprint density at radius 2 is 0.878 bits per heavy atom. The molecule has 10 aromatic rings. The Morgan fingerprint density at radius 3 is 1.29 bits per heavy atom. The van der Waals surface area contributed by atoms with Crippen molar-refractivity contribution in [3.05, 3.63) is 239 Å². The number of aliphatic carboxylic acids is 1. The highest BCUT2D eigenvalue weighted by molar-refractivity contribution is 6.27.